The highest BCUT2D eigenvalue weighted by Gasteiger charge is 2.19. The number of nitrogens with two attached hydrogens (primary N) is 1. The van der Waals surface area contributed by atoms with Crippen molar-refractivity contribution in [3.05, 3.63) is 83.7 Å². The first kappa shape index (κ1) is 38.2. The van der Waals surface area contributed by atoms with E-state index in [0.29, 0.717) is 46.4 Å². The molecular formula is C33H42Cl2N10O4. The fraction of sp³-hybridized carbons (Fsp3) is 0.303. The highest BCUT2D eigenvalue weighted by molar-refractivity contribution is 6.18. The van der Waals surface area contributed by atoms with E-state index in [-0.39, 0.29) is 48.7 Å². The summed E-state index contributed by atoms with van der Waals surface area (Å²) in [5.41, 5.74) is 8.94. The summed E-state index contributed by atoms with van der Waals surface area (Å²) in [5, 5.41) is 18.4. The molecule has 0 aliphatic carbocycles. The third-order valence-electron chi connectivity index (χ3n) is 7.51. The number of halogens is 2. The van der Waals surface area contributed by atoms with Gasteiger partial charge in [-0.05, 0) is 48.9 Å². The van der Waals surface area contributed by atoms with Gasteiger partial charge in [0.15, 0.2) is 0 Å². The Hall–Kier alpha value is -5.21. The van der Waals surface area contributed by atoms with Crippen molar-refractivity contribution in [1.82, 2.24) is 19.0 Å². The first-order chi connectivity index (χ1) is 22.9. The number of carbonyl (C=O) groups is 4. The molecule has 0 unspecified atom stereocenters. The van der Waals surface area contributed by atoms with Gasteiger partial charge in [-0.25, -0.2) is 0 Å². The second-order valence-corrected chi connectivity index (χ2v) is 11.7. The van der Waals surface area contributed by atoms with E-state index >= 15 is 0 Å². The number of aromatic nitrogens is 3. The van der Waals surface area contributed by atoms with E-state index in [2.05, 4.69) is 33.1 Å². The lowest BCUT2D eigenvalue weighted by Crippen LogP contribution is -2.28. The Morgan fingerprint density at radius 2 is 1.20 bits per heavy atom. The molecule has 4 rings (SSSR count). The third kappa shape index (κ3) is 9.90. The molecule has 0 spiro atoms. The van der Waals surface area contributed by atoms with Gasteiger partial charge in [0.25, 0.3) is 23.6 Å². The van der Waals surface area contributed by atoms with Crippen LogP contribution in [0.3, 0.4) is 0 Å². The molecule has 0 saturated heterocycles. The smallest absolute Gasteiger partial charge is 0.272 e. The summed E-state index contributed by atoms with van der Waals surface area (Å²) in [6, 6.07) is 12.0. The topological polar surface area (TPSA) is 184 Å². The van der Waals surface area contributed by atoms with Crippen molar-refractivity contribution < 1.29 is 19.2 Å². The zero-order valence-electron chi connectivity index (χ0n) is 27.8. The number of aryl methyl sites for hydroxylation is 3. The first-order valence-electron chi connectivity index (χ1n) is 15.3. The van der Waals surface area contributed by atoms with Crippen molar-refractivity contribution in [3.63, 3.8) is 0 Å². The zero-order valence-corrected chi connectivity index (χ0v) is 29.4. The molecule has 4 amide bonds. The summed E-state index contributed by atoms with van der Waals surface area (Å²) in [6.07, 6.45) is 6.07. The van der Waals surface area contributed by atoms with Gasteiger partial charge in [0, 0.05) is 82.9 Å². The predicted molar refractivity (Wildman–Crippen MR) is 196 cm³/mol. The van der Waals surface area contributed by atoms with E-state index < -0.39 is 11.8 Å². The molecule has 7 N–H and O–H groups in total. The molecule has 0 bridgehead atoms. The van der Waals surface area contributed by atoms with Crippen molar-refractivity contribution in [2.45, 2.75) is 19.8 Å². The normalized spacial score (nSPS) is 10.6. The summed E-state index contributed by atoms with van der Waals surface area (Å²) in [5.74, 6) is -1.06. The maximum absolute atomic E-state index is 13.2. The van der Waals surface area contributed by atoms with Gasteiger partial charge in [-0.3, -0.25) is 24.6 Å². The Bertz CT molecular complexity index is 1800. The van der Waals surface area contributed by atoms with Crippen LogP contribution in [0, 0.1) is 5.41 Å². The van der Waals surface area contributed by atoms with Crippen LogP contribution in [-0.2, 0) is 21.1 Å². The fourth-order valence-electron chi connectivity index (χ4n) is 5.14. The number of nitrogens with one attached hydrogen (secondary N) is 5. The van der Waals surface area contributed by atoms with E-state index in [1.807, 2.05) is 12.1 Å². The van der Waals surface area contributed by atoms with Crippen LogP contribution in [0.5, 0.6) is 0 Å². The molecule has 0 aliphatic rings. The number of nitrogens with zero attached hydrogens (tertiary/aromatic N) is 4. The summed E-state index contributed by atoms with van der Waals surface area (Å²) < 4.78 is 4.75. The van der Waals surface area contributed by atoms with Crippen LogP contribution in [0.1, 0.15) is 61.6 Å². The summed E-state index contributed by atoms with van der Waals surface area (Å²) in [6.45, 7) is 3.91. The van der Waals surface area contributed by atoms with Gasteiger partial charge < -0.3 is 45.6 Å². The number of hydrogen-bond acceptors (Lipinski definition) is 6. The van der Waals surface area contributed by atoms with Gasteiger partial charge in [0.1, 0.15) is 17.1 Å². The van der Waals surface area contributed by atoms with Crippen LogP contribution in [-0.4, -0.2) is 68.7 Å². The second kappa shape index (κ2) is 17.3. The zero-order chi connectivity index (χ0) is 35.0. The predicted octanol–water partition coefficient (Wildman–Crippen LogP) is 4.39. The van der Waals surface area contributed by atoms with Crippen LogP contribution in [0.4, 0.5) is 22.7 Å². The van der Waals surface area contributed by atoms with Gasteiger partial charge in [0.2, 0.25) is 0 Å². The minimum absolute atomic E-state index is 0. The number of carbonyl (C=O) groups excluding carboxylic acids is 4. The van der Waals surface area contributed by atoms with Crippen LogP contribution >= 0.6 is 24.0 Å². The lowest BCUT2D eigenvalue weighted by Gasteiger charge is -2.23. The number of hydrogen-bond donors (Lipinski definition) is 6. The molecule has 0 aliphatic heterocycles. The third-order valence-corrected chi connectivity index (χ3v) is 7.68. The highest BCUT2D eigenvalue weighted by Crippen LogP contribution is 2.21. The molecule has 14 nitrogen and oxygen atoms in total. The Morgan fingerprint density at radius 3 is 1.63 bits per heavy atom. The minimum Gasteiger partial charge on any atom is -0.388 e. The molecule has 3 heterocycles. The molecule has 1 aromatic carbocycles. The highest BCUT2D eigenvalue weighted by atomic mass is 35.5. The number of benzene rings is 1. The molecule has 16 heteroatoms. The van der Waals surface area contributed by atoms with Gasteiger partial charge in [-0.1, -0.05) is 6.92 Å². The summed E-state index contributed by atoms with van der Waals surface area (Å²) >= 11 is 5.94. The van der Waals surface area contributed by atoms with Gasteiger partial charge in [0.05, 0.1) is 22.9 Å². The summed E-state index contributed by atoms with van der Waals surface area (Å²) in [7, 11) is 5.04. The molecule has 0 atom stereocenters. The molecule has 3 aromatic heterocycles. The van der Waals surface area contributed by atoms with Crippen molar-refractivity contribution in [3.8, 4) is 0 Å². The van der Waals surface area contributed by atoms with Gasteiger partial charge >= 0.3 is 0 Å². The number of amidine groups is 1. The van der Waals surface area contributed by atoms with Crippen LogP contribution < -0.4 is 31.9 Å². The minimum atomic E-state index is -0.443. The average molecular weight is 714 g/mol. The van der Waals surface area contributed by atoms with Crippen LogP contribution in [0.25, 0.3) is 0 Å². The SMILES string of the molecule is CCCN(CCCl)c1ccc(C(=O)Nc2cc(C(=O)Nc3cc(C(=O)Nc4cc(C(=O)NCCC(=N)N)n(C)c4)n(C)c3)n(C)c2)cc1.Cl. The van der Waals surface area contributed by atoms with E-state index in [1.165, 1.54) is 12.1 Å². The monoisotopic (exact) mass is 712 g/mol. The first-order valence-corrected chi connectivity index (χ1v) is 15.9. The quantitative estimate of drug-likeness (QED) is 0.0603. The maximum Gasteiger partial charge on any atom is 0.272 e. The van der Waals surface area contributed by atoms with Crippen LogP contribution in [0.2, 0.25) is 0 Å². The van der Waals surface area contributed by atoms with Gasteiger partial charge in [-0.15, -0.1) is 24.0 Å². The number of rotatable bonds is 15. The van der Waals surface area contributed by atoms with Gasteiger partial charge in [-0.2, -0.15) is 0 Å². The van der Waals surface area contributed by atoms with E-state index in [0.717, 1.165) is 18.7 Å². The summed E-state index contributed by atoms with van der Waals surface area (Å²) in [4.78, 5) is 53.9. The molecule has 0 fully saturated rings. The Kier molecular flexibility index (Phi) is 13.5. The van der Waals surface area contributed by atoms with Crippen molar-refractivity contribution >= 4 is 76.2 Å². The molecule has 0 radical (unpaired) electrons. The largest absolute Gasteiger partial charge is 0.388 e. The van der Waals surface area contributed by atoms with Crippen molar-refractivity contribution in [2.75, 3.05) is 46.4 Å². The number of amides is 4. The lowest BCUT2D eigenvalue weighted by atomic mass is 10.1. The van der Waals surface area contributed by atoms with E-state index in [9.17, 15) is 19.2 Å². The fourth-order valence-corrected chi connectivity index (χ4v) is 5.34. The molecular weight excluding hydrogens is 671 g/mol. The molecule has 4 aromatic rings. The van der Waals surface area contributed by atoms with Crippen LogP contribution in [0.15, 0.2) is 61.1 Å². The average Bonchev–Trinajstić information content (AvgIpc) is 3.71. The Morgan fingerprint density at radius 1 is 0.755 bits per heavy atom. The Labute approximate surface area is 295 Å². The van der Waals surface area contributed by atoms with E-state index in [4.69, 9.17) is 22.7 Å². The second-order valence-electron chi connectivity index (χ2n) is 11.3. The van der Waals surface area contributed by atoms with Crippen molar-refractivity contribution in [2.24, 2.45) is 26.9 Å². The maximum atomic E-state index is 13.2. The molecule has 0 saturated carbocycles. The van der Waals surface area contributed by atoms with E-state index in [1.54, 1.807) is 71.6 Å². The lowest BCUT2D eigenvalue weighted by molar-refractivity contribution is 0.0944. The van der Waals surface area contributed by atoms with Crippen molar-refractivity contribution in [1.29, 1.82) is 5.41 Å². The number of anilines is 4. The molecule has 49 heavy (non-hydrogen) atoms. The standard InChI is InChI=1S/C33H41ClN10O4.ClH/c1-5-13-44(14-11-34)25-8-6-21(7-9-25)30(45)38-22-16-27(42(3)18-22)32(47)40-24-17-28(43(4)20-24)33(48)39-23-15-26(41(2)19-23)31(46)37-12-10-29(35)36;/h6-9,15-20H,5,10-14H2,1-4H3,(H3,35,36)(H,37,46)(H,38,45)(H,39,48)(H,40,47);1H. The Balaban J connectivity index is 0.00000650. The number of alkyl halides is 1. The molecule has 262 valence electrons.